The standard InChI is InChI=1S/C18H15NO5/c1-24-13-9-7-12(8-10-13)19-15(11-5-3-2-4-6-11)14(18(22)23)16(20)17(19)21/h2-10,15,20H,1H3,(H,22,23). The van der Waals surface area contributed by atoms with Gasteiger partial charge in [0.1, 0.15) is 11.3 Å². The lowest BCUT2D eigenvalue weighted by atomic mass is 9.99. The monoisotopic (exact) mass is 325 g/mol. The summed E-state index contributed by atoms with van der Waals surface area (Å²) in [6, 6.07) is 14.5. The van der Waals surface area contributed by atoms with Gasteiger partial charge in [0, 0.05) is 5.69 Å². The molecule has 3 rings (SSSR count). The molecule has 0 aromatic heterocycles. The van der Waals surface area contributed by atoms with E-state index in [1.165, 1.54) is 12.0 Å². The molecular formula is C18H15NO5. The molecule has 0 spiro atoms. The van der Waals surface area contributed by atoms with Crippen molar-refractivity contribution in [3.63, 3.8) is 0 Å². The van der Waals surface area contributed by atoms with Crippen molar-refractivity contribution < 1.29 is 24.5 Å². The Kier molecular flexibility index (Phi) is 3.95. The molecule has 2 aromatic rings. The second-order valence-corrected chi connectivity index (χ2v) is 5.25. The number of benzene rings is 2. The maximum atomic E-state index is 12.5. The Morgan fingerprint density at radius 2 is 1.71 bits per heavy atom. The Bertz CT molecular complexity index is 811. The Labute approximate surface area is 138 Å². The van der Waals surface area contributed by atoms with Gasteiger partial charge in [-0.1, -0.05) is 30.3 Å². The van der Waals surface area contributed by atoms with Gasteiger partial charge in [-0.15, -0.1) is 0 Å². The lowest BCUT2D eigenvalue weighted by Crippen LogP contribution is -2.30. The Morgan fingerprint density at radius 1 is 1.08 bits per heavy atom. The molecule has 0 radical (unpaired) electrons. The highest BCUT2D eigenvalue weighted by molar-refractivity contribution is 6.14. The molecule has 6 nitrogen and oxygen atoms in total. The van der Waals surface area contributed by atoms with Gasteiger partial charge in [0.2, 0.25) is 0 Å². The summed E-state index contributed by atoms with van der Waals surface area (Å²) in [4.78, 5) is 25.4. The third-order valence-corrected chi connectivity index (χ3v) is 3.90. The third-order valence-electron chi connectivity index (χ3n) is 3.90. The van der Waals surface area contributed by atoms with Gasteiger partial charge in [-0.3, -0.25) is 9.69 Å². The predicted octanol–water partition coefficient (Wildman–Crippen LogP) is 2.68. The number of ether oxygens (including phenoxy) is 1. The van der Waals surface area contributed by atoms with Crippen LogP contribution in [0.25, 0.3) is 0 Å². The van der Waals surface area contributed by atoms with Gasteiger partial charge in [0.05, 0.1) is 13.2 Å². The Balaban J connectivity index is 2.13. The van der Waals surface area contributed by atoms with Crippen LogP contribution >= 0.6 is 0 Å². The zero-order chi connectivity index (χ0) is 17.3. The SMILES string of the molecule is COc1ccc(N2C(=O)C(O)=C(C(=O)O)C2c2ccccc2)cc1. The summed E-state index contributed by atoms with van der Waals surface area (Å²) in [5.74, 6) is -2.21. The molecule has 1 aliphatic heterocycles. The van der Waals surface area contributed by atoms with Gasteiger partial charge < -0.3 is 14.9 Å². The molecule has 1 aliphatic rings. The second-order valence-electron chi connectivity index (χ2n) is 5.25. The summed E-state index contributed by atoms with van der Waals surface area (Å²) in [7, 11) is 1.53. The molecule has 1 atom stereocenters. The van der Waals surface area contributed by atoms with Crippen molar-refractivity contribution in [1.82, 2.24) is 0 Å². The van der Waals surface area contributed by atoms with Crippen LogP contribution in [0.15, 0.2) is 65.9 Å². The first kappa shape index (κ1) is 15.6. The fourth-order valence-electron chi connectivity index (χ4n) is 2.78. The molecule has 1 amide bonds. The zero-order valence-electron chi connectivity index (χ0n) is 12.8. The summed E-state index contributed by atoms with van der Waals surface area (Å²) >= 11 is 0. The lowest BCUT2D eigenvalue weighted by Gasteiger charge is -2.26. The molecule has 0 bridgehead atoms. The van der Waals surface area contributed by atoms with E-state index in [9.17, 15) is 19.8 Å². The van der Waals surface area contributed by atoms with Gasteiger partial charge in [0.25, 0.3) is 5.91 Å². The van der Waals surface area contributed by atoms with E-state index in [2.05, 4.69) is 0 Å². The van der Waals surface area contributed by atoms with Crippen LogP contribution in [0.1, 0.15) is 11.6 Å². The minimum absolute atomic E-state index is 0.331. The molecule has 0 fully saturated rings. The van der Waals surface area contributed by atoms with E-state index in [1.807, 2.05) is 0 Å². The first-order valence-corrected chi connectivity index (χ1v) is 7.23. The van der Waals surface area contributed by atoms with E-state index < -0.39 is 23.7 Å². The maximum Gasteiger partial charge on any atom is 0.338 e. The summed E-state index contributed by atoms with van der Waals surface area (Å²) in [6.07, 6.45) is 0. The topological polar surface area (TPSA) is 87.1 Å². The van der Waals surface area contributed by atoms with E-state index in [-0.39, 0.29) is 5.57 Å². The van der Waals surface area contributed by atoms with E-state index >= 15 is 0 Å². The fourth-order valence-corrected chi connectivity index (χ4v) is 2.78. The number of nitrogens with zero attached hydrogens (tertiary/aromatic N) is 1. The number of aliphatic carboxylic acids is 1. The summed E-state index contributed by atoms with van der Waals surface area (Å²) in [6.45, 7) is 0. The summed E-state index contributed by atoms with van der Waals surface area (Å²) in [5.41, 5.74) is 0.739. The van der Waals surface area contributed by atoms with Crippen LogP contribution in [-0.2, 0) is 9.59 Å². The molecule has 122 valence electrons. The van der Waals surface area contributed by atoms with Crippen LogP contribution in [-0.4, -0.2) is 29.2 Å². The van der Waals surface area contributed by atoms with Crippen molar-refractivity contribution in [2.75, 3.05) is 12.0 Å². The van der Waals surface area contributed by atoms with Gasteiger partial charge >= 0.3 is 5.97 Å². The quantitative estimate of drug-likeness (QED) is 0.902. The Hall–Kier alpha value is -3.28. The molecule has 0 saturated carbocycles. The van der Waals surface area contributed by atoms with Crippen LogP contribution in [0, 0.1) is 0 Å². The number of hydrogen-bond acceptors (Lipinski definition) is 4. The highest BCUT2D eigenvalue weighted by Crippen LogP contribution is 2.40. The molecule has 0 saturated heterocycles. The van der Waals surface area contributed by atoms with Crippen molar-refractivity contribution in [3.8, 4) is 5.75 Å². The van der Waals surface area contributed by atoms with Crippen molar-refractivity contribution in [2.24, 2.45) is 0 Å². The lowest BCUT2D eigenvalue weighted by molar-refractivity contribution is -0.133. The average molecular weight is 325 g/mol. The van der Waals surface area contributed by atoms with E-state index in [1.54, 1.807) is 54.6 Å². The minimum atomic E-state index is -1.33. The molecule has 6 heteroatoms. The molecule has 2 aromatic carbocycles. The van der Waals surface area contributed by atoms with Crippen LogP contribution in [0.3, 0.4) is 0 Å². The normalized spacial score (nSPS) is 17.3. The number of hydrogen-bond donors (Lipinski definition) is 2. The molecule has 1 unspecified atom stereocenters. The first-order valence-electron chi connectivity index (χ1n) is 7.23. The Morgan fingerprint density at radius 3 is 2.25 bits per heavy atom. The maximum absolute atomic E-state index is 12.5. The molecular weight excluding hydrogens is 310 g/mol. The van der Waals surface area contributed by atoms with Crippen LogP contribution in [0.5, 0.6) is 5.75 Å². The first-order chi connectivity index (χ1) is 11.5. The number of aliphatic hydroxyl groups is 1. The summed E-state index contributed by atoms with van der Waals surface area (Å²) in [5, 5.41) is 19.5. The van der Waals surface area contributed by atoms with Crippen LogP contribution in [0.4, 0.5) is 5.69 Å². The summed E-state index contributed by atoms with van der Waals surface area (Å²) < 4.78 is 5.09. The molecule has 24 heavy (non-hydrogen) atoms. The highest BCUT2D eigenvalue weighted by Gasteiger charge is 2.44. The van der Waals surface area contributed by atoms with E-state index in [0.717, 1.165) is 0 Å². The molecule has 1 heterocycles. The predicted molar refractivity (Wildman–Crippen MR) is 87.0 cm³/mol. The fraction of sp³-hybridized carbons (Fsp3) is 0.111. The van der Waals surface area contributed by atoms with E-state index in [4.69, 9.17) is 4.74 Å². The number of carbonyl (C=O) groups excluding carboxylic acids is 1. The molecule has 0 aliphatic carbocycles. The van der Waals surface area contributed by atoms with Gasteiger partial charge in [-0.05, 0) is 29.8 Å². The smallest absolute Gasteiger partial charge is 0.338 e. The van der Waals surface area contributed by atoms with Crippen molar-refractivity contribution in [3.05, 3.63) is 71.5 Å². The zero-order valence-corrected chi connectivity index (χ0v) is 12.8. The van der Waals surface area contributed by atoms with Gasteiger partial charge in [0.15, 0.2) is 5.76 Å². The highest BCUT2D eigenvalue weighted by atomic mass is 16.5. The minimum Gasteiger partial charge on any atom is -0.503 e. The molecule has 2 N–H and O–H groups in total. The van der Waals surface area contributed by atoms with Crippen molar-refractivity contribution in [1.29, 1.82) is 0 Å². The van der Waals surface area contributed by atoms with Gasteiger partial charge in [-0.25, -0.2) is 4.79 Å². The number of amides is 1. The number of aliphatic hydroxyl groups excluding tert-OH is 1. The third kappa shape index (κ3) is 2.48. The number of rotatable bonds is 4. The van der Waals surface area contributed by atoms with Crippen molar-refractivity contribution >= 4 is 17.6 Å². The van der Waals surface area contributed by atoms with Gasteiger partial charge in [-0.2, -0.15) is 0 Å². The number of anilines is 1. The van der Waals surface area contributed by atoms with Crippen molar-refractivity contribution in [2.45, 2.75) is 6.04 Å². The second kappa shape index (κ2) is 6.08. The van der Waals surface area contributed by atoms with E-state index in [0.29, 0.717) is 17.0 Å². The number of carboxylic acid groups (broad SMARTS) is 1. The number of carbonyl (C=O) groups is 2. The van der Waals surface area contributed by atoms with Crippen LogP contribution in [0.2, 0.25) is 0 Å². The number of carboxylic acids is 1. The average Bonchev–Trinajstić information content (AvgIpc) is 2.87. The van der Waals surface area contributed by atoms with Crippen LogP contribution < -0.4 is 9.64 Å². The largest absolute Gasteiger partial charge is 0.503 e. The number of methoxy groups -OCH3 is 1.